The third kappa shape index (κ3) is 10.4. The predicted molar refractivity (Wildman–Crippen MR) is 210 cm³/mol. The number of amides is 1. The highest BCUT2D eigenvalue weighted by Crippen LogP contribution is 2.32. The van der Waals surface area contributed by atoms with Crippen LogP contribution in [0.4, 0.5) is 16.2 Å². The first-order valence-corrected chi connectivity index (χ1v) is 17.5. The molecule has 0 atom stereocenters. The van der Waals surface area contributed by atoms with Crippen molar-refractivity contribution in [1.82, 2.24) is 20.2 Å². The van der Waals surface area contributed by atoms with Gasteiger partial charge < -0.3 is 24.8 Å². The molecule has 4 aromatic rings. The Labute approximate surface area is 301 Å². The molecule has 2 fully saturated rings. The average Bonchev–Trinajstić information content (AvgIpc) is 3.47. The lowest BCUT2D eigenvalue weighted by molar-refractivity contribution is 0.0263. The van der Waals surface area contributed by atoms with E-state index >= 15 is 0 Å². The van der Waals surface area contributed by atoms with Crippen LogP contribution in [-0.2, 0) is 4.74 Å². The standard InChI is InChI=1S/C22H31N3O2.C17H23N3.CH4.ClH/c1-16(2)18-14-17-8-6-9-23-20(17)19(15-18)24-10-7-11-25(13-12-24)21(26)27-22(3,4)5;1-13(2)15-11-14-5-3-7-19-17(14)16(12-15)20-9-4-6-18-8-10-20;;/h6,8-9,14-16H,7,10-13H2,1-5H3;3,5,7,11-13,18H,4,6,8-10H2,1-2H3;1H4;1H. The van der Waals surface area contributed by atoms with E-state index in [1.165, 1.54) is 39.7 Å². The van der Waals surface area contributed by atoms with Crippen LogP contribution in [0.25, 0.3) is 21.8 Å². The van der Waals surface area contributed by atoms with E-state index in [9.17, 15) is 4.79 Å². The zero-order valence-electron chi connectivity index (χ0n) is 30.0. The molecule has 1 N–H and O–H groups in total. The number of ether oxygens (including phenoxy) is 1. The van der Waals surface area contributed by atoms with Crippen molar-refractivity contribution < 1.29 is 9.53 Å². The second-order valence-electron chi connectivity index (χ2n) is 14.4. The van der Waals surface area contributed by atoms with Crippen molar-refractivity contribution in [2.24, 2.45) is 0 Å². The average molecular weight is 691 g/mol. The van der Waals surface area contributed by atoms with E-state index in [0.717, 1.165) is 63.3 Å². The molecule has 6 rings (SSSR count). The molecule has 2 saturated heterocycles. The number of pyridine rings is 2. The number of rotatable bonds is 4. The third-order valence-corrected chi connectivity index (χ3v) is 8.92. The zero-order chi connectivity index (χ0) is 33.6. The van der Waals surface area contributed by atoms with Crippen molar-refractivity contribution >= 4 is 51.7 Å². The van der Waals surface area contributed by atoms with E-state index in [4.69, 9.17) is 4.74 Å². The second kappa shape index (κ2) is 17.9. The van der Waals surface area contributed by atoms with Crippen LogP contribution < -0.4 is 15.1 Å². The number of benzene rings is 2. The van der Waals surface area contributed by atoms with Gasteiger partial charge in [0.2, 0.25) is 0 Å². The summed E-state index contributed by atoms with van der Waals surface area (Å²) >= 11 is 0. The molecule has 0 unspecified atom stereocenters. The smallest absolute Gasteiger partial charge is 0.410 e. The fraction of sp³-hybridized carbons (Fsp3) is 0.525. The van der Waals surface area contributed by atoms with E-state index < -0.39 is 5.60 Å². The Morgan fingerprint density at radius 1 is 0.735 bits per heavy atom. The summed E-state index contributed by atoms with van der Waals surface area (Å²) in [6.07, 6.45) is 5.64. The Morgan fingerprint density at radius 2 is 1.27 bits per heavy atom. The largest absolute Gasteiger partial charge is 0.444 e. The van der Waals surface area contributed by atoms with Crippen molar-refractivity contribution in [2.75, 3.05) is 62.2 Å². The minimum absolute atomic E-state index is 0. The summed E-state index contributed by atoms with van der Waals surface area (Å²) in [5.41, 5.74) is 6.90. The summed E-state index contributed by atoms with van der Waals surface area (Å²) in [4.78, 5) is 28.4. The monoisotopic (exact) mass is 690 g/mol. The highest BCUT2D eigenvalue weighted by Gasteiger charge is 2.25. The van der Waals surface area contributed by atoms with Gasteiger partial charge in [-0.05, 0) is 99.5 Å². The molecule has 4 heterocycles. The summed E-state index contributed by atoms with van der Waals surface area (Å²) in [5, 5.41) is 5.90. The van der Waals surface area contributed by atoms with Gasteiger partial charge in [-0.1, -0.05) is 47.3 Å². The first-order valence-electron chi connectivity index (χ1n) is 17.5. The molecule has 0 spiro atoms. The minimum Gasteiger partial charge on any atom is -0.444 e. The molecule has 8 nitrogen and oxygen atoms in total. The molecular weight excluding hydrogens is 632 g/mol. The second-order valence-corrected chi connectivity index (χ2v) is 14.4. The van der Waals surface area contributed by atoms with Crippen molar-refractivity contribution in [2.45, 2.75) is 86.2 Å². The highest BCUT2D eigenvalue weighted by molar-refractivity contribution is 5.92. The summed E-state index contributed by atoms with van der Waals surface area (Å²) in [6, 6.07) is 17.4. The molecule has 49 heavy (non-hydrogen) atoms. The van der Waals surface area contributed by atoms with Gasteiger partial charge in [-0.2, -0.15) is 0 Å². The number of carbonyl (C=O) groups excluding carboxylic acids is 1. The van der Waals surface area contributed by atoms with Crippen LogP contribution in [0.1, 0.15) is 91.7 Å². The van der Waals surface area contributed by atoms with Gasteiger partial charge >= 0.3 is 6.09 Å². The number of halogens is 1. The third-order valence-electron chi connectivity index (χ3n) is 8.92. The number of anilines is 2. The van der Waals surface area contributed by atoms with Crippen LogP contribution in [-0.4, -0.2) is 78.9 Å². The normalized spacial score (nSPS) is 15.6. The van der Waals surface area contributed by atoms with Crippen LogP contribution in [0.5, 0.6) is 0 Å². The number of aromatic nitrogens is 2. The Morgan fingerprint density at radius 3 is 1.80 bits per heavy atom. The maximum absolute atomic E-state index is 12.4. The molecule has 2 aromatic carbocycles. The van der Waals surface area contributed by atoms with E-state index in [0.29, 0.717) is 18.4 Å². The number of hydrogen-bond donors (Lipinski definition) is 1. The van der Waals surface area contributed by atoms with Crippen molar-refractivity contribution in [3.05, 3.63) is 72.1 Å². The van der Waals surface area contributed by atoms with Gasteiger partial charge in [-0.15, -0.1) is 12.4 Å². The number of nitrogens with one attached hydrogen (secondary N) is 1. The Kier molecular flexibility index (Phi) is 14.5. The van der Waals surface area contributed by atoms with E-state index in [1.54, 1.807) is 0 Å². The Balaban J connectivity index is 0.000000265. The maximum Gasteiger partial charge on any atom is 0.410 e. The highest BCUT2D eigenvalue weighted by atomic mass is 35.5. The number of hydrogen-bond acceptors (Lipinski definition) is 7. The van der Waals surface area contributed by atoms with E-state index in [1.807, 2.05) is 50.2 Å². The molecule has 0 saturated carbocycles. The molecular formula is C40H59ClN6O2. The van der Waals surface area contributed by atoms with Gasteiger partial charge in [0.05, 0.1) is 22.4 Å². The molecule has 1 amide bonds. The van der Waals surface area contributed by atoms with Gasteiger partial charge in [0.25, 0.3) is 0 Å². The molecule has 9 heteroatoms. The zero-order valence-corrected chi connectivity index (χ0v) is 30.8. The van der Waals surface area contributed by atoms with Crippen LogP contribution in [0.15, 0.2) is 60.9 Å². The number of nitrogens with zero attached hydrogens (tertiary/aromatic N) is 5. The lowest BCUT2D eigenvalue weighted by Gasteiger charge is -2.27. The fourth-order valence-corrected chi connectivity index (χ4v) is 6.29. The van der Waals surface area contributed by atoms with Gasteiger partial charge in [0, 0.05) is 69.0 Å². The van der Waals surface area contributed by atoms with Gasteiger partial charge in [-0.3, -0.25) is 9.97 Å². The molecule has 2 aliphatic heterocycles. The SMILES string of the molecule is C.CC(C)c1cc(N2CCCN(C(=O)OC(C)(C)C)CC2)c2ncccc2c1.CC(C)c1cc(N2CCCNCC2)c2ncccc2c1.Cl. The lowest BCUT2D eigenvalue weighted by atomic mass is 9.99. The first kappa shape index (κ1) is 39.8. The van der Waals surface area contributed by atoms with Crippen molar-refractivity contribution in [3.8, 4) is 0 Å². The van der Waals surface area contributed by atoms with Crippen LogP contribution in [0.2, 0.25) is 0 Å². The Bertz CT molecular complexity index is 1650. The molecule has 0 aliphatic carbocycles. The maximum atomic E-state index is 12.4. The molecule has 2 aliphatic rings. The summed E-state index contributed by atoms with van der Waals surface area (Å²) in [6.45, 7) is 22.1. The van der Waals surface area contributed by atoms with Crippen LogP contribution in [0.3, 0.4) is 0 Å². The van der Waals surface area contributed by atoms with Gasteiger partial charge in [0.15, 0.2) is 0 Å². The molecule has 268 valence electrons. The molecule has 2 aromatic heterocycles. The number of carbonyl (C=O) groups is 1. The van der Waals surface area contributed by atoms with Gasteiger partial charge in [0.1, 0.15) is 5.60 Å². The summed E-state index contributed by atoms with van der Waals surface area (Å²) in [5.74, 6) is 1.00. The van der Waals surface area contributed by atoms with Crippen molar-refractivity contribution in [1.29, 1.82) is 0 Å². The first-order chi connectivity index (χ1) is 22.5. The minimum atomic E-state index is -0.463. The lowest BCUT2D eigenvalue weighted by Crippen LogP contribution is -2.39. The van der Waals surface area contributed by atoms with Crippen LogP contribution >= 0.6 is 12.4 Å². The predicted octanol–water partition coefficient (Wildman–Crippen LogP) is 9.02. The quantitative estimate of drug-likeness (QED) is 0.229. The number of fused-ring (bicyclic) bond motifs is 2. The fourth-order valence-electron chi connectivity index (χ4n) is 6.29. The molecule has 0 radical (unpaired) electrons. The van der Waals surface area contributed by atoms with E-state index in [2.05, 4.69) is 89.2 Å². The summed E-state index contributed by atoms with van der Waals surface area (Å²) < 4.78 is 5.55. The summed E-state index contributed by atoms with van der Waals surface area (Å²) in [7, 11) is 0. The van der Waals surface area contributed by atoms with Crippen LogP contribution in [0, 0.1) is 0 Å². The van der Waals surface area contributed by atoms with Crippen molar-refractivity contribution in [3.63, 3.8) is 0 Å². The Hall–Kier alpha value is -3.62. The topological polar surface area (TPSA) is 73.8 Å². The molecule has 0 bridgehead atoms. The van der Waals surface area contributed by atoms with Gasteiger partial charge in [-0.25, -0.2) is 4.79 Å². The van der Waals surface area contributed by atoms with E-state index in [-0.39, 0.29) is 25.9 Å².